The zero-order valence-corrected chi connectivity index (χ0v) is 19.0. The molecule has 0 heterocycles. The molecule has 4 rings (SSSR count). The molecule has 0 unspecified atom stereocenters. The van der Waals surface area contributed by atoms with Crippen LogP contribution in [-0.4, -0.2) is 36.5 Å². The number of terminal acetylenes is 1. The van der Waals surface area contributed by atoms with E-state index in [2.05, 4.69) is 18.9 Å². The van der Waals surface area contributed by atoms with Crippen LogP contribution in [0.25, 0.3) is 0 Å². The minimum absolute atomic E-state index is 0.207. The Balaban J connectivity index is 1.58. The van der Waals surface area contributed by atoms with E-state index in [4.69, 9.17) is 10.6 Å². The number of fused-ring (bicyclic) bond motifs is 5. The average molecular weight is 432 g/mol. The Morgan fingerprint density at radius 1 is 1.23 bits per heavy atom. The van der Waals surface area contributed by atoms with E-state index in [1.807, 2.05) is 6.07 Å². The van der Waals surface area contributed by atoms with E-state index < -0.39 is 15.9 Å². The van der Waals surface area contributed by atoms with Gasteiger partial charge in [-0.2, -0.15) is 12.7 Å². The van der Waals surface area contributed by atoms with E-state index in [1.54, 1.807) is 19.9 Å². The summed E-state index contributed by atoms with van der Waals surface area (Å²) in [5.41, 5.74) is 1.31. The largest absolute Gasteiger partial charge is 0.385 e. The lowest BCUT2D eigenvalue weighted by Crippen LogP contribution is -2.50. The third-order valence-corrected chi connectivity index (χ3v) is 9.86. The number of benzene rings is 1. The zero-order chi connectivity index (χ0) is 21.7. The molecule has 1 aromatic carbocycles. The molecule has 30 heavy (non-hydrogen) atoms. The maximum absolute atomic E-state index is 12.5. The van der Waals surface area contributed by atoms with Crippen LogP contribution in [0, 0.1) is 29.6 Å². The fourth-order valence-corrected chi connectivity index (χ4v) is 7.66. The molecule has 0 amide bonds. The molecule has 1 N–H and O–H groups in total. The van der Waals surface area contributed by atoms with Gasteiger partial charge in [0, 0.05) is 18.5 Å². The van der Waals surface area contributed by atoms with Gasteiger partial charge in [-0.3, -0.25) is 0 Å². The normalized spacial score (nSPS) is 35.3. The predicted octanol–water partition coefficient (Wildman–Crippen LogP) is 3.87. The van der Waals surface area contributed by atoms with Crippen LogP contribution in [0.5, 0.6) is 5.75 Å². The van der Waals surface area contributed by atoms with Gasteiger partial charge in [0.1, 0.15) is 11.4 Å². The van der Waals surface area contributed by atoms with Crippen LogP contribution >= 0.6 is 0 Å². The van der Waals surface area contributed by atoms with Gasteiger partial charge in [-0.25, -0.2) is 0 Å². The van der Waals surface area contributed by atoms with Crippen molar-refractivity contribution in [2.24, 2.45) is 17.3 Å². The number of rotatable bonds is 5. The highest BCUT2D eigenvalue weighted by Crippen LogP contribution is 2.64. The summed E-state index contributed by atoms with van der Waals surface area (Å²) in [7, 11) is -3.77. The van der Waals surface area contributed by atoms with Crippen molar-refractivity contribution in [2.75, 3.05) is 13.1 Å². The van der Waals surface area contributed by atoms with Gasteiger partial charge in [-0.05, 0) is 79.5 Å². The molecular formula is C24H33NO4S. The second-order valence-electron chi connectivity index (χ2n) is 9.40. The van der Waals surface area contributed by atoms with Crippen LogP contribution in [0.15, 0.2) is 18.2 Å². The van der Waals surface area contributed by atoms with Crippen molar-refractivity contribution in [3.05, 3.63) is 29.3 Å². The minimum atomic E-state index is -3.77. The number of aryl methyl sites for hydroxylation is 1. The number of hydrogen-bond acceptors (Lipinski definition) is 4. The topological polar surface area (TPSA) is 66.8 Å². The summed E-state index contributed by atoms with van der Waals surface area (Å²) in [6, 6.07) is 5.76. The lowest BCUT2D eigenvalue weighted by molar-refractivity contribution is -0.0646. The lowest BCUT2D eigenvalue weighted by atomic mass is 9.53. The molecule has 0 aromatic heterocycles. The van der Waals surface area contributed by atoms with E-state index in [1.165, 1.54) is 15.4 Å². The molecule has 3 aliphatic rings. The summed E-state index contributed by atoms with van der Waals surface area (Å²) < 4.78 is 31.7. The van der Waals surface area contributed by atoms with Crippen LogP contribution in [0.3, 0.4) is 0 Å². The van der Waals surface area contributed by atoms with Gasteiger partial charge in [-0.1, -0.05) is 32.8 Å². The van der Waals surface area contributed by atoms with Crippen LogP contribution in [-0.2, 0) is 16.7 Å². The van der Waals surface area contributed by atoms with E-state index >= 15 is 0 Å². The Kier molecular flexibility index (Phi) is 5.45. The lowest BCUT2D eigenvalue weighted by Gasteiger charge is -2.52. The monoisotopic (exact) mass is 431 g/mol. The molecule has 1 aromatic rings. The zero-order valence-electron chi connectivity index (χ0n) is 18.2. The molecule has 0 saturated heterocycles. The van der Waals surface area contributed by atoms with Gasteiger partial charge in [0.05, 0.1) is 0 Å². The van der Waals surface area contributed by atoms with Crippen molar-refractivity contribution in [1.29, 1.82) is 0 Å². The van der Waals surface area contributed by atoms with E-state index in [9.17, 15) is 13.5 Å². The molecule has 0 aliphatic heterocycles. The fourth-order valence-electron chi connectivity index (χ4n) is 6.58. The number of hydrogen-bond donors (Lipinski definition) is 1. The standard InChI is InChI=1S/C24H33NO4S/c1-5-24(26)15-13-22-21-10-8-17-16-18(29-30(27,28)25(6-2)7-3)9-11-19(17)20(21)12-14-23(22,24)4/h1,9,11,16,20-22,26H,6-8,10,12-15H2,2-4H3/t20-,21-,22+,23+,24+/m1/s1. The fraction of sp³-hybridized carbons (Fsp3) is 0.667. The smallest absolute Gasteiger partial charge is 0.377 e. The summed E-state index contributed by atoms with van der Waals surface area (Å²) in [6.45, 7) is 6.57. The Labute approximate surface area is 181 Å². The first-order valence-electron chi connectivity index (χ1n) is 11.2. The molecule has 164 valence electrons. The van der Waals surface area contributed by atoms with Crippen molar-refractivity contribution >= 4 is 10.3 Å². The van der Waals surface area contributed by atoms with Crippen LogP contribution < -0.4 is 4.18 Å². The van der Waals surface area contributed by atoms with Crippen LogP contribution in [0.2, 0.25) is 0 Å². The quantitative estimate of drug-likeness (QED) is 0.719. The highest BCUT2D eigenvalue weighted by molar-refractivity contribution is 7.84. The van der Waals surface area contributed by atoms with Crippen molar-refractivity contribution in [3.63, 3.8) is 0 Å². The van der Waals surface area contributed by atoms with Crippen molar-refractivity contribution < 1.29 is 17.7 Å². The second-order valence-corrected chi connectivity index (χ2v) is 10.9. The summed E-state index contributed by atoms with van der Waals surface area (Å²) in [6.07, 6.45) is 11.3. The molecule has 2 saturated carbocycles. The molecule has 2 fully saturated rings. The molecule has 5 atom stereocenters. The molecule has 0 radical (unpaired) electrons. The summed E-state index contributed by atoms with van der Waals surface area (Å²) in [5.74, 6) is 4.51. The van der Waals surface area contributed by atoms with E-state index in [0.717, 1.165) is 32.1 Å². The molecule has 0 spiro atoms. The number of nitrogens with zero attached hydrogens (tertiary/aromatic N) is 1. The van der Waals surface area contributed by atoms with E-state index in [-0.39, 0.29) is 5.41 Å². The Hall–Kier alpha value is -1.55. The van der Waals surface area contributed by atoms with Gasteiger partial charge in [-0.15, -0.1) is 6.42 Å². The first-order valence-corrected chi connectivity index (χ1v) is 12.6. The third kappa shape index (κ3) is 3.18. The Bertz CT molecular complexity index is 964. The van der Waals surface area contributed by atoms with Gasteiger partial charge in [0.2, 0.25) is 0 Å². The molecule has 5 nitrogen and oxygen atoms in total. The molecule has 3 aliphatic carbocycles. The van der Waals surface area contributed by atoms with Crippen LogP contribution in [0.4, 0.5) is 0 Å². The Morgan fingerprint density at radius 3 is 2.63 bits per heavy atom. The van der Waals surface area contributed by atoms with Crippen molar-refractivity contribution in [2.45, 2.75) is 70.8 Å². The SMILES string of the molecule is C#C[C@]1(O)CC[C@H]2[C@@H]3CCc4cc(OS(=O)(=O)N(CC)CC)ccc4[C@H]3CC[C@@]21C. The Morgan fingerprint density at radius 2 is 1.97 bits per heavy atom. The predicted molar refractivity (Wildman–Crippen MR) is 117 cm³/mol. The first-order chi connectivity index (χ1) is 14.2. The highest BCUT2D eigenvalue weighted by atomic mass is 32.2. The summed E-state index contributed by atoms with van der Waals surface area (Å²) >= 11 is 0. The van der Waals surface area contributed by atoms with Crippen molar-refractivity contribution in [1.82, 2.24) is 4.31 Å². The summed E-state index contributed by atoms with van der Waals surface area (Å²) in [5, 5.41) is 11.1. The first kappa shape index (κ1) is 21.7. The second kappa shape index (κ2) is 7.55. The molecule has 0 bridgehead atoms. The van der Waals surface area contributed by atoms with Gasteiger partial charge >= 0.3 is 10.3 Å². The van der Waals surface area contributed by atoms with Gasteiger partial charge < -0.3 is 9.29 Å². The maximum atomic E-state index is 12.5. The van der Waals surface area contributed by atoms with Gasteiger partial charge in [0.15, 0.2) is 0 Å². The minimum Gasteiger partial charge on any atom is -0.377 e. The van der Waals surface area contributed by atoms with E-state index in [0.29, 0.717) is 43.0 Å². The highest BCUT2D eigenvalue weighted by Gasteiger charge is 2.61. The van der Waals surface area contributed by atoms with Gasteiger partial charge in [0.25, 0.3) is 0 Å². The maximum Gasteiger partial charge on any atom is 0.385 e. The molecular weight excluding hydrogens is 398 g/mol. The van der Waals surface area contributed by atoms with Crippen molar-refractivity contribution in [3.8, 4) is 18.1 Å². The number of aliphatic hydroxyl groups is 1. The molecule has 6 heteroatoms. The summed E-state index contributed by atoms with van der Waals surface area (Å²) in [4.78, 5) is 0. The average Bonchev–Trinajstić information content (AvgIpc) is 2.99. The third-order valence-electron chi connectivity index (χ3n) is 8.31. The van der Waals surface area contributed by atoms with Crippen LogP contribution in [0.1, 0.15) is 69.9 Å².